The Morgan fingerprint density at radius 3 is 2.29 bits per heavy atom. The van der Waals surface area contributed by atoms with Crippen LogP contribution < -0.4 is 10.2 Å². The number of piperidine rings is 2. The predicted octanol–water partition coefficient (Wildman–Crippen LogP) is 4.35. The minimum Gasteiger partial charge on any atom is -0.372 e. The van der Waals surface area contributed by atoms with Gasteiger partial charge in [-0.3, -0.25) is 4.79 Å². The van der Waals surface area contributed by atoms with Crippen molar-refractivity contribution in [3.63, 3.8) is 0 Å². The van der Waals surface area contributed by atoms with Gasteiger partial charge in [0.25, 0.3) is 5.91 Å². The van der Waals surface area contributed by atoms with E-state index in [4.69, 9.17) is 0 Å². The fraction of sp³-hybridized carbons (Fsp3) is 0.458. The predicted molar refractivity (Wildman–Crippen MR) is 124 cm³/mol. The summed E-state index contributed by atoms with van der Waals surface area (Å²) in [5.74, 6) is 0.472. The minimum atomic E-state index is -3.57. The van der Waals surface area contributed by atoms with Crippen LogP contribution >= 0.6 is 0 Å². The minimum absolute atomic E-state index is 0.178. The van der Waals surface area contributed by atoms with Gasteiger partial charge in [-0.15, -0.1) is 0 Å². The van der Waals surface area contributed by atoms with Crippen molar-refractivity contribution in [2.24, 2.45) is 5.92 Å². The summed E-state index contributed by atoms with van der Waals surface area (Å²) in [5, 5.41) is 2.89. The van der Waals surface area contributed by atoms with Gasteiger partial charge in [-0.1, -0.05) is 19.4 Å². The molecule has 2 aliphatic heterocycles. The number of sulfonamides is 1. The second kappa shape index (κ2) is 9.40. The van der Waals surface area contributed by atoms with Gasteiger partial charge in [0, 0.05) is 43.1 Å². The second-order valence-corrected chi connectivity index (χ2v) is 10.6. The Hall–Kier alpha value is -2.38. The highest BCUT2D eigenvalue weighted by Gasteiger charge is 2.26. The Bertz CT molecular complexity index is 1010. The van der Waals surface area contributed by atoms with Gasteiger partial charge in [-0.2, -0.15) is 4.31 Å². The molecule has 0 atom stereocenters. The maximum atomic E-state index is 12.9. The van der Waals surface area contributed by atoms with Gasteiger partial charge < -0.3 is 10.2 Å². The van der Waals surface area contributed by atoms with Crippen LogP contribution in [0.25, 0.3) is 0 Å². The topological polar surface area (TPSA) is 69.7 Å². The van der Waals surface area contributed by atoms with E-state index in [0.717, 1.165) is 38.3 Å². The lowest BCUT2D eigenvalue weighted by Crippen LogP contribution is -2.35. The van der Waals surface area contributed by atoms with Crippen LogP contribution in [-0.4, -0.2) is 44.8 Å². The molecule has 7 heteroatoms. The number of nitrogens with zero attached hydrogens (tertiary/aromatic N) is 2. The summed E-state index contributed by atoms with van der Waals surface area (Å²) in [4.78, 5) is 15.3. The summed E-state index contributed by atoms with van der Waals surface area (Å²) >= 11 is 0. The van der Waals surface area contributed by atoms with Crippen molar-refractivity contribution in [3.05, 3.63) is 54.1 Å². The summed E-state index contributed by atoms with van der Waals surface area (Å²) in [5.41, 5.74) is 2.20. The molecule has 0 unspecified atom stereocenters. The fourth-order valence-electron chi connectivity index (χ4n) is 4.28. The van der Waals surface area contributed by atoms with Crippen molar-refractivity contribution >= 4 is 27.3 Å². The van der Waals surface area contributed by atoms with E-state index in [0.29, 0.717) is 24.3 Å². The molecular formula is C24H31N3O3S. The maximum absolute atomic E-state index is 12.9. The molecule has 1 N–H and O–H groups in total. The third-order valence-electron chi connectivity index (χ3n) is 6.32. The van der Waals surface area contributed by atoms with Gasteiger partial charge in [0.15, 0.2) is 0 Å². The van der Waals surface area contributed by atoms with Crippen LogP contribution in [0.15, 0.2) is 53.4 Å². The van der Waals surface area contributed by atoms with Crippen molar-refractivity contribution in [2.75, 3.05) is 36.4 Å². The van der Waals surface area contributed by atoms with Crippen LogP contribution in [0.2, 0.25) is 0 Å². The Kier molecular flexibility index (Phi) is 6.62. The molecule has 2 heterocycles. The second-order valence-electron chi connectivity index (χ2n) is 8.66. The molecule has 2 aromatic rings. The molecule has 2 fully saturated rings. The van der Waals surface area contributed by atoms with E-state index in [-0.39, 0.29) is 10.8 Å². The summed E-state index contributed by atoms with van der Waals surface area (Å²) in [7, 11) is -3.57. The number of amides is 1. The van der Waals surface area contributed by atoms with Crippen molar-refractivity contribution in [1.29, 1.82) is 0 Å². The van der Waals surface area contributed by atoms with Crippen LogP contribution in [0.1, 0.15) is 49.4 Å². The lowest BCUT2D eigenvalue weighted by Gasteiger charge is -2.32. The molecular weight excluding hydrogens is 410 g/mol. The van der Waals surface area contributed by atoms with Crippen LogP contribution in [0.5, 0.6) is 0 Å². The number of hydrogen-bond donors (Lipinski definition) is 1. The SMILES string of the molecule is CC1CCN(c2ccc(NC(=O)c3cccc(S(=O)(=O)N4CCCCC4)c3)cc2)CC1. The Morgan fingerprint density at radius 1 is 0.935 bits per heavy atom. The first kappa shape index (κ1) is 21.8. The highest BCUT2D eigenvalue weighted by molar-refractivity contribution is 7.89. The zero-order chi connectivity index (χ0) is 21.8. The van der Waals surface area contributed by atoms with Gasteiger partial charge in [-0.05, 0) is 74.1 Å². The first-order valence-corrected chi connectivity index (χ1v) is 12.6. The highest BCUT2D eigenvalue weighted by Crippen LogP contribution is 2.25. The van der Waals surface area contributed by atoms with Crippen molar-refractivity contribution in [2.45, 2.75) is 43.9 Å². The number of carbonyl (C=O) groups is 1. The summed E-state index contributed by atoms with van der Waals surface area (Å²) < 4.78 is 27.4. The molecule has 0 spiro atoms. The number of rotatable bonds is 5. The van der Waals surface area contributed by atoms with E-state index in [1.807, 2.05) is 24.3 Å². The van der Waals surface area contributed by atoms with E-state index in [1.165, 1.54) is 28.9 Å². The average molecular weight is 442 g/mol. The van der Waals surface area contributed by atoms with Crippen LogP contribution in [0.3, 0.4) is 0 Å². The molecule has 0 radical (unpaired) electrons. The molecule has 2 aliphatic rings. The number of hydrogen-bond acceptors (Lipinski definition) is 4. The van der Waals surface area contributed by atoms with E-state index in [1.54, 1.807) is 18.2 Å². The van der Waals surface area contributed by atoms with Crippen LogP contribution in [0.4, 0.5) is 11.4 Å². The summed E-state index contributed by atoms with van der Waals surface area (Å²) in [6.45, 7) is 5.50. The van der Waals surface area contributed by atoms with E-state index < -0.39 is 10.0 Å². The number of carbonyl (C=O) groups excluding carboxylic acids is 1. The number of anilines is 2. The highest BCUT2D eigenvalue weighted by atomic mass is 32.2. The van der Waals surface area contributed by atoms with Crippen molar-refractivity contribution in [1.82, 2.24) is 4.31 Å². The molecule has 0 aromatic heterocycles. The standard InChI is InChI=1S/C24H31N3O3S/c1-19-12-16-26(17-13-19)22-10-8-21(9-11-22)25-24(28)20-6-5-7-23(18-20)31(29,30)27-14-3-2-4-15-27/h5-11,18-19H,2-4,12-17H2,1H3,(H,25,28). The molecule has 6 nitrogen and oxygen atoms in total. The lowest BCUT2D eigenvalue weighted by molar-refractivity contribution is 0.102. The quantitative estimate of drug-likeness (QED) is 0.749. The molecule has 2 aromatic carbocycles. The maximum Gasteiger partial charge on any atom is 0.255 e. The Balaban J connectivity index is 1.43. The molecule has 0 aliphatic carbocycles. The van der Waals surface area contributed by atoms with E-state index >= 15 is 0 Å². The fourth-order valence-corrected chi connectivity index (χ4v) is 5.84. The van der Waals surface area contributed by atoms with Crippen LogP contribution in [0, 0.1) is 5.92 Å². The molecule has 31 heavy (non-hydrogen) atoms. The number of benzene rings is 2. The first-order chi connectivity index (χ1) is 14.9. The van der Waals surface area contributed by atoms with Crippen LogP contribution in [-0.2, 0) is 10.0 Å². The van der Waals surface area contributed by atoms with Crippen molar-refractivity contribution < 1.29 is 13.2 Å². The van der Waals surface area contributed by atoms with Gasteiger partial charge in [0.05, 0.1) is 4.90 Å². The third kappa shape index (κ3) is 5.10. The monoisotopic (exact) mass is 441 g/mol. The van der Waals surface area contributed by atoms with Gasteiger partial charge in [0.1, 0.15) is 0 Å². The third-order valence-corrected chi connectivity index (χ3v) is 8.22. The largest absolute Gasteiger partial charge is 0.372 e. The molecule has 4 rings (SSSR count). The number of nitrogens with one attached hydrogen (secondary N) is 1. The molecule has 0 bridgehead atoms. The molecule has 166 valence electrons. The van der Waals surface area contributed by atoms with Gasteiger partial charge in [0.2, 0.25) is 10.0 Å². The van der Waals surface area contributed by atoms with Gasteiger partial charge >= 0.3 is 0 Å². The Labute approximate surface area is 185 Å². The zero-order valence-corrected chi connectivity index (χ0v) is 18.9. The van der Waals surface area contributed by atoms with Gasteiger partial charge in [-0.25, -0.2) is 8.42 Å². The zero-order valence-electron chi connectivity index (χ0n) is 18.1. The molecule has 2 saturated heterocycles. The first-order valence-electron chi connectivity index (χ1n) is 11.2. The van der Waals surface area contributed by atoms with E-state index in [9.17, 15) is 13.2 Å². The summed E-state index contributed by atoms with van der Waals surface area (Å²) in [6, 6.07) is 14.2. The lowest BCUT2D eigenvalue weighted by atomic mass is 9.99. The Morgan fingerprint density at radius 2 is 1.61 bits per heavy atom. The molecule has 1 amide bonds. The van der Waals surface area contributed by atoms with E-state index in [2.05, 4.69) is 17.1 Å². The van der Waals surface area contributed by atoms with Crippen molar-refractivity contribution in [3.8, 4) is 0 Å². The summed E-state index contributed by atoms with van der Waals surface area (Å²) in [6.07, 6.45) is 5.23. The molecule has 0 saturated carbocycles. The smallest absolute Gasteiger partial charge is 0.255 e. The average Bonchev–Trinajstić information content (AvgIpc) is 2.81. The normalized spacial score (nSPS) is 18.7.